The third kappa shape index (κ3) is 6.27. The summed E-state index contributed by atoms with van der Waals surface area (Å²) < 4.78 is 29.5. The molecule has 0 radical (unpaired) electrons. The minimum Gasteiger partial charge on any atom is -0.344 e. The molecule has 44 heavy (non-hydrogen) atoms. The number of amides is 3. The second-order valence-electron chi connectivity index (χ2n) is 11.1. The van der Waals surface area contributed by atoms with Gasteiger partial charge in [0.1, 0.15) is 12.1 Å². The van der Waals surface area contributed by atoms with Crippen LogP contribution in [0.25, 0.3) is 0 Å². The molecule has 1 fully saturated rings. The number of sulfonamides is 1. The molecule has 2 aliphatic rings. The minimum atomic E-state index is -4.35. The van der Waals surface area contributed by atoms with Gasteiger partial charge >= 0.3 is 0 Å². The summed E-state index contributed by atoms with van der Waals surface area (Å²) in [4.78, 5) is 42.2. The van der Waals surface area contributed by atoms with Crippen LogP contribution in [0.4, 0.5) is 11.4 Å². The van der Waals surface area contributed by atoms with Crippen molar-refractivity contribution in [1.82, 2.24) is 10.2 Å². The normalized spacial score (nSPS) is 17.0. The molecular weight excluding hydrogens is 602 g/mol. The first kappa shape index (κ1) is 31.0. The lowest BCUT2D eigenvalue weighted by Gasteiger charge is -2.37. The second-order valence-corrected chi connectivity index (χ2v) is 13.2. The maximum atomic E-state index is 14.3. The van der Waals surface area contributed by atoms with Crippen molar-refractivity contribution in [2.45, 2.75) is 56.5 Å². The summed E-state index contributed by atoms with van der Waals surface area (Å²) in [6, 6.07) is 15.9. The fourth-order valence-corrected chi connectivity index (χ4v) is 7.76. The molecular formula is C32H32ClN5O5S. The van der Waals surface area contributed by atoms with Crippen LogP contribution in [0.2, 0.25) is 5.02 Å². The Bertz CT molecular complexity index is 1760. The molecule has 2 atom stereocenters. The third-order valence-corrected chi connectivity index (χ3v) is 10.3. The van der Waals surface area contributed by atoms with Crippen molar-refractivity contribution in [2.24, 2.45) is 0 Å². The van der Waals surface area contributed by atoms with E-state index in [1.807, 2.05) is 0 Å². The Morgan fingerprint density at radius 1 is 1.07 bits per heavy atom. The van der Waals surface area contributed by atoms with Crippen LogP contribution < -0.4 is 14.9 Å². The Morgan fingerprint density at radius 3 is 2.43 bits per heavy atom. The maximum absolute atomic E-state index is 14.3. The Morgan fingerprint density at radius 2 is 1.75 bits per heavy atom. The Labute approximate surface area is 261 Å². The molecule has 3 amide bonds. The number of likely N-dealkylation sites (tertiary alicyclic amines) is 1. The van der Waals surface area contributed by atoms with Crippen LogP contribution in [-0.4, -0.2) is 56.2 Å². The SMILES string of the molecule is Cc1cc(S(=O)(=O)N2c3ccccc3NC(=O)[C@H]2CC(=O)N[C@H](Cc2ccc(C#N)cc2)C(=O)N2CCCC2)c(C)cc1Cl. The van der Waals surface area contributed by atoms with E-state index in [9.17, 15) is 22.8 Å². The van der Waals surface area contributed by atoms with Crippen molar-refractivity contribution in [1.29, 1.82) is 5.26 Å². The molecule has 0 aliphatic carbocycles. The van der Waals surface area contributed by atoms with Gasteiger partial charge in [0.25, 0.3) is 10.0 Å². The van der Waals surface area contributed by atoms with Crippen molar-refractivity contribution in [3.8, 4) is 6.07 Å². The first-order chi connectivity index (χ1) is 21.0. The minimum absolute atomic E-state index is 0.0304. The average Bonchev–Trinajstić information content (AvgIpc) is 3.54. The van der Waals surface area contributed by atoms with Gasteiger partial charge in [-0.25, -0.2) is 8.42 Å². The number of nitriles is 1. The number of hydrogen-bond acceptors (Lipinski definition) is 6. The van der Waals surface area contributed by atoms with Gasteiger partial charge in [-0.3, -0.25) is 18.7 Å². The van der Waals surface area contributed by atoms with Crippen molar-refractivity contribution in [3.63, 3.8) is 0 Å². The number of para-hydroxylation sites is 2. The number of fused-ring (bicyclic) bond motifs is 1. The maximum Gasteiger partial charge on any atom is 0.265 e. The Balaban J connectivity index is 1.47. The van der Waals surface area contributed by atoms with E-state index in [-0.39, 0.29) is 22.9 Å². The number of nitrogens with zero attached hydrogens (tertiary/aromatic N) is 3. The van der Waals surface area contributed by atoms with Gasteiger partial charge in [-0.1, -0.05) is 35.9 Å². The quantitative estimate of drug-likeness (QED) is 0.383. The average molecular weight is 634 g/mol. The molecule has 3 aromatic carbocycles. The number of aryl methyl sites for hydroxylation is 2. The molecule has 0 aromatic heterocycles. The highest BCUT2D eigenvalue weighted by Crippen LogP contribution is 2.38. The molecule has 12 heteroatoms. The summed E-state index contributed by atoms with van der Waals surface area (Å²) in [5.74, 6) is -1.57. The summed E-state index contributed by atoms with van der Waals surface area (Å²) in [6.45, 7) is 4.46. The van der Waals surface area contributed by atoms with Gasteiger partial charge in [0.05, 0.1) is 34.3 Å². The first-order valence-corrected chi connectivity index (χ1v) is 16.1. The van der Waals surface area contributed by atoms with Gasteiger partial charge in [0, 0.05) is 24.5 Å². The number of carbonyl (C=O) groups excluding carboxylic acids is 3. The van der Waals surface area contributed by atoms with Gasteiger partial charge in [0.15, 0.2) is 0 Å². The molecule has 2 N–H and O–H groups in total. The van der Waals surface area contributed by atoms with E-state index in [2.05, 4.69) is 16.7 Å². The lowest BCUT2D eigenvalue weighted by atomic mass is 10.0. The van der Waals surface area contributed by atoms with E-state index in [0.29, 0.717) is 40.5 Å². The van der Waals surface area contributed by atoms with Crippen LogP contribution in [0.3, 0.4) is 0 Å². The molecule has 3 aromatic rings. The van der Waals surface area contributed by atoms with Gasteiger partial charge < -0.3 is 15.5 Å². The van der Waals surface area contributed by atoms with Crippen molar-refractivity contribution in [2.75, 3.05) is 22.7 Å². The van der Waals surface area contributed by atoms with Crippen LogP contribution in [0.1, 0.15) is 41.5 Å². The van der Waals surface area contributed by atoms with Gasteiger partial charge in [-0.05, 0) is 79.8 Å². The lowest BCUT2D eigenvalue weighted by molar-refractivity contribution is -0.135. The zero-order chi connectivity index (χ0) is 31.6. The van der Waals surface area contributed by atoms with E-state index >= 15 is 0 Å². The molecule has 1 saturated heterocycles. The summed E-state index contributed by atoms with van der Waals surface area (Å²) in [6.07, 6.45) is 1.36. The Kier molecular flexibility index (Phi) is 8.95. The van der Waals surface area contributed by atoms with Crippen molar-refractivity contribution in [3.05, 3.63) is 87.9 Å². The van der Waals surface area contributed by atoms with Gasteiger partial charge in [0.2, 0.25) is 17.7 Å². The molecule has 0 saturated carbocycles. The molecule has 0 spiro atoms. The Hall–Kier alpha value is -4.40. The fraction of sp³-hybridized carbons (Fsp3) is 0.312. The zero-order valence-corrected chi connectivity index (χ0v) is 25.9. The topological polar surface area (TPSA) is 140 Å². The molecule has 0 unspecified atom stereocenters. The van der Waals surface area contributed by atoms with E-state index in [1.54, 1.807) is 73.3 Å². The van der Waals surface area contributed by atoms with Crippen LogP contribution in [0.15, 0.2) is 65.6 Å². The predicted molar refractivity (Wildman–Crippen MR) is 167 cm³/mol. The number of nitrogens with one attached hydrogen (secondary N) is 2. The standard InChI is InChI=1S/C32H32ClN5O5S/c1-20-16-29(21(2)15-24(20)33)44(42,43)38-27-8-4-3-7-25(27)36-31(40)28(38)18-30(39)35-26(32(41)37-13-5-6-14-37)17-22-9-11-23(19-34)12-10-22/h3-4,7-12,15-16,26,28H,5-6,13-14,17-18H2,1-2H3,(H,35,39)(H,36,40)/t26-,28-/m1/s1. The van der Waals surface area contributed by atoms with Gasteiger partial charge in [-0.15, -0.1) is 0 Å². The van der Waals surface area contributed by atoms with Crippen LogP contribution in [0, 0.1) is 25.2 Å². The highest BCUT2D eigenvalue weighted by Gasteiger charge is 2.43. The number of rotatable bonds is 8. The summed E-state index contributed by atoms with van der Waals surface area (Å²) in [5, 5.41) is 15.1. The van der Waals surface area contributed by atoms with Crippen LogP contribution in [0.5, 0.6) is 0 Å². The summed E-state index contributed by atoms with van der Waals surface area (Å²) >= 11 is 6.25. The largest absolute Gasteiger partial charge is 0.344 e. The highest BCUT2D eigenvalue weighted by molar-refractivity contribution is 7.93. The highest BCUT2D eigenvalue weighted by atomic mass is 35.5. The molecule has 228 valence electrons. The number of carbonyl (C=O) groups is 3. The molecule has 5 rings (SSSR count). The molecule has 10 nitrogen and oxygen atoms in total. The van der Waals surface area contributed by atoms with E-state index in [4.69, 9.17) is 16.9 Å². The molecule has 2 heterocycles. The van der Waals surface area contributed by atoms with E-state index < -0.39 is 40.3 Å². The van der Waals surface area contributed by atoms with Crippen LogP contribution in [-0.2, 0) is 30.8 Å². The predicted octanol–water partition coefficient (Wildman–Crippen LogP) is 4.08. The third-order valence-electron chi connectivity index (χ3n) is 7.93. The van der Waals surface area contributed by atoms with Crippen LogP contribution >= 0.6 is 11.6 Å². The number of halogens is 1. The summed E-state index contributed by atoms with van der Waals surface area (Å²) in [7, 11) is -4.35. The fourth-order valence-electron chi connectivity index (χ4n) is 5.61. The second kappa shape index (κ2) is 12.7. The monoisotopic (exact) mass is 633 g/mol. The van der Waals surface area contributed by atoms with E-state index in [0.717, 1.165) is 22.7 Å². The van der Waals surface area contributed by atoms with Crippen molar-refractivity contribution < 1.29 is 22.8 Å². The molecule has 0 bridgehead atoms. The first-order valence-electron chi connectivity index (χ1n) is 14.3. The van der Waals surface area contributed by atoms with Gasteiger partial charge in [-0.2, -0.15) is 5.26 Å². The van der Waals surface area contributed by atoms with E-state index in [1.165, 1.54) is 6.07 Å². The zero-order valence-electron chi connectivity index (χ0n) is 24.3. The summed E-state index contributed by atoms with van der Waals surface area (Å²) in [5.41, 5.74) is 2.67. The number of hydrogen-bond donors (Lipinski definition) is 2. The molecule has 2 aliphatic heterocycles. The number of benzene rings is 3. The number of anilines is 2. The lowest BCUT2D eigenvalue weighted by Crippen LogP contribution is -2.55. The van der Waals surface area contributed by atoms with Crippen molar-refractivity contribution >= 4 is 50.7 Å². The smallest absolute Gasteiger partial charge is 0.265 e.